The van der Waals surface area contributed by atoms with Gasteiger partial charge in [-0.2, -0.15) is 0 Å². The van der Waals surface area contributed by atoms with E-state index >= 15 is 0 Å². The first-order valence-electron chi connectivity index (χ1n) is 14.8. The third-order valence-electron chi connectivity index (χ3n) is 7.85. The van der Waals surface area contributed by atoms with Gasteiger partial charge in [-0.3, -0.25) is 14.6 Å². The lowest BCUT2D eigenvalue weighted by atomic mass is 10.0. The summed E-state index contributed by atoms with van der Waals surface area (Å²) in [5.74, 6) is 0.324. The van der Waals surface area contributed by atoms with Crippen molar-refractivity contribution in [1.82, 2.24) is 30.6 Å². The maximum absolute atomic E-state index is 11.6. The first-order valence-corrected chi connectivity index (χ1v) is 16.4. The Morgan fingerprint density at radius 3 is 2.57 bits per heavy atom. The number of anilines is 2. The Morgan fingerprint density at radius 2 is 1.78 bits per heavy atom. The molecule has 46 heavy (non-hydrogen) atoms. The van der Waals surface area contributed by atoms with Gasteiger partial charge in [-0.15, -0.1) is 11.3 Å². The number of hydrogen-bond acceptors (Lipinski definition) is 10. The number of pyridine rings is 1. The van der Waals surface area contributed by atoms with Gasteiger partial charge in [0.2, 0.25) is 0 Å². The van der Waals surface area contributed by atoms with E-state index in [0.717, 1.165) is 50.8 Å². The van der Waals surface area contributed by atoms with Gasteiger partial charge in [-0.05, 0) is 37.9 Å². The lowest BCUT2D eigenvalue weighted by molar-refractivity contribution is -0.136. The average Bonchev–Trinajstić information content (AvgIpc) is 3.65. The highest BCUT2D eigenvalue weighted by Crippen LogP contribution is 2.42. The second kappa shape index (κ2) is 14.2. The van der Waals surface area contributed by atoms with Crippen LogP contribution in [-0.4, -0.2) is 49.9 Å². The average molecular weight is 677 g/mol. The summed E-state index contributed by atoms with van der Waals surface area (Å²) < 4.78 is 0.912. The highest BCUT2D eigenvalue weighted by Gasteiger charge is 2.22. The van der Waals surface area contributed by atoms with Gasteiger partial charge in [-0.1, -0.05) is 53.5 Å². The molecule has 5 aromatic rings. The van der Waals surface area contributed by atoms with Crippen LogP contribution in [0.5, 0.6) is 0 Å². The smallest absolute Gasteiger partial charge is 0.317 e. The van der Waals surface area contributed by atoms with Crippen LogP contribution in [0.15, 0.2) is 54.9 Å². The predicted molar refractivity (Wildman–Crippen MR) is 182 cm³/mol. The fourth-order valence-electron chi connectivity index (χ4n) is 5.49. The summed E-state index contributed by atoms with van der Waals surface area (Å²) in [7, 11) is 0. The molecule has 3 aromatic heterocycles. The first-order chi connectivity index (χ1) is 22.3. The van der Waals surface area contributed by atoms with Gasteiger partial charge in [0.15, 0.2) is 5.82 Å². The SMILES string of the molecule is Cc1ncc(-c2cccc(-c3cccc(Nc4nccc5sc(CNCC(=O)O)nc45)c3Cl)c2Cl)nc1CNC[C@@H]1CCC(=O)C1. The number of carbonyl (C=O) groups excluding carboxylic acids is 1. The quantitative estimate of drug-likeness (QED) is 0.111. The first kappa shape index (κ1) is 32.0. The van der Waals surface area contributed by atoms with Crippen LogP contribution in [0, 0.1) is 12.8 Å². The van der Waals surface area contributed by atoms with Crippen molar-refractivity contribution in [1.29, 1.82) is 0 Å². The zero-order valence-corrected chi connectivity index (χ0v) is 27.3. The minimum absolute atomic E-state index is 0.148. The zero-order chi connectivity index (χ0) is 32.2. The van der Waals surface area contributed by atoms with Crippen molar-refractivity contribution in [2.45, 2.75) is 39.3 Å². The number of aromatic nitrogens is 4. The van der Waals surface area contributed by atoms with Crippen molar-refractivity contribution in [3.05, 3.63) is 81.3 Å². The maximum Gasteiger partial charge on any atom is 0.317 e. The number of rotatable bonds is 12. The molecule has 2 aromatic carbocycles. The Bertz CT molecular complexity index is 1930. The van der Waals surface area contributed by atoms with Crippen molar-refractivity contribution in [2.24, 2.45) is 5.92 Å². The fourth-order valence-corrected chi connectivity index (χ4v) is 7.02. The van der Waals surface area contributed by atoms with Crippen molar-refractivity contribution >= 4 is 68.0 Å². The number of carboxylic acid groups (broad SMARTS) is 1. The topological polar surface area (TPSA) is 142 Å². The number of nitrogens with zero attached hydrogens (tertiary/aromatic N) is 4. The largest absolute Gasteiger partial charge is 0.480 e. The Balaban J connectivity index is 1.24. The monoisotopic (exact) mass is 675 g/mol. The summed E-state index contributed by atoms with van der Waals surface area (Å²) in [5, 5.41) is 20.3. The van der Waals surface area contributed by atoms with E-state index in [1.807, 2.05) is 49.4 Å². The number of carboxylic acids is 1. The summed E-state index contributed by atoms with van der Waals surface area (Å²) in [5.41, 5.74) is 5.83. The summed E-state index contributed by atoms with van der Waals surface area (Å²) in [6.45, 7) is 3.44. The zero-order valence-electron chi connectivity index (χ0n) is 24.9. The number of nitrogens with one attached hydrogen (secondary N) is 3. The van der Waals surface area contributed by atoms with E-state index in [1.165, 1.54) is 11.3 Å². The molecular formula is C33H31Cl2N7O3S. The molecule has 1 fully saturated rings. The number of ketones is 1. The second-order valence-corrected chi connectivity index (χ2v) is 13.0. The summed E-state index contributed by atoms with van der Waals surface area (Å²) in [6.07, 6.45) is 5.67. The number of halogens is 2. The number of benzene rings is 2. The molecule has 1 aliphatic carbocycles. The normalized spacial score (nSPS) is 14.7. The van der Waals surface area contributed by atoms with Crippen LogP contribution < -0.4 is 16.0 Å². The molecule has 0 amide bonds. The molecule has 0 bridgehead atoms. The molecule has 1 saturated carbocycles. The number of carbonyl (C=O) groups is 2. The number of fused-ring (bicyclic) bond motifs is 1. The number of Topliss-reactive ketones (excluding diaryl/α,β-unsaturated/α-hetero) is 1. The number of aryl methyl sites for hydroxylation is 1. The number of hydrogen-bond donors (Lipinski definition) is 4. The Labute approximate surface area is 279 Å². The minimum atomic E-state index is -0.926. The molecule has 0 spiro atoms. The van der Waals surface area contributed by atoms with Gasteiger partial charge in [0.05, 0.1) is 50.3 Å². The highest BCUT2D eigenvalue weighted by molar-refractivity contribution is 7.18. The van der Waals surface area contributed by atoms with E-state index in [2.05, 4.69) is 30.9 Å². The van der Waals surface area contributed by atoms with Crippen LogP contribution in [-0.2, 0) is 22.7 Å². The summed E-state index contributed by atoms with van der Waals surface area (Å²) >= 11 is 15.5. The fraction of sp³-hybridized carbons (Fsp3) is 0.273. The van der Waals surface area contributed by atoms with Crippen molar-refractivity contribution in [3.63, 3.8) is 0 Å². The van der Waals surface area contributed by atoms with E-state index in [9.17, 15) is 9.59 Å². The molecule has 0 aliphatic heterocycles. The van der Waals surface area contributed by atoms with Crippen LogP contribution in [0.25, 0.3) is 32.6 Å². The van der Waals surface area contributed by atoms with Gasteiger partial charge in [0, 0.05) is 48.8 Å². The van der Waals surface area contributed by atoms with Gasteiger partial charge >= 0.3 is 5.97 Å². The van der Waals surface area contributed by atoms with Crippen LogP contribution >= 0.6 is 34.5 Å². The molecule has 0 radical (unpaired) electrons. The molecule has 1 atom stereocenters. The van der Waals surface area contributed by atoms with Crippen molar-refractivity contribution in [2.75, 3.05) is 18.4 Å². The molecule has 4 N–H and O–H groups in total. The van der Waals surface area contributed by atoms with E-state index < -0.39 is 5.97 Å². The van der Waals surface area contributed by atoms with E-state index in [1.54, 1.807) is 12.4 Å². The summed E-state index contributed by atoms with van der Waals surface area (Å²) in [6, 6.07) is 13.3. The number of thiazole rings is 1. The van der Waals surface area contributed by atoms with Crippen molar-refractivity contribution < 1.29 is 14.7 Å². The minimum Gasteiger partial charge on any atom is -0.480 e. The Hall–Kier alpha value is -4.00. The second-order valence-electron chi connectivity index (χ2n) is 11.1. The maximum atomic E-state index is 11.6. The molecule has 236 valence electrons. The van der Waals surface area contributed by atoms with E-state index in [4.69, 9.17) is 33.3 Å². The Kier molecular flexibility index (Phi) is 9.86. The van der Waals surface area contributed by atoms with Gasteiger partial charge in [-0.25, -0.2) is 15.0 Å². The molecule has 0 saturated heterocycles. The molecule has 10 nitrogen and oxygen atoms in total. The predicted octanol–water partition coefficient (Wildman–Crippen LogP) is 6.81. The summed E-state index contributed by atoms with van der Waals surface area (Å²) in [4.78, 5) is 41.2. The molecular weight excluding hydrogens is 645 g/mol. The van der Waals surface area contributed by atoms with Crippen LogP contribution in [0.4, 0.5) is 11.5 Å². The lowest BCUT2D eigenvalue weighted by Gasteiger charge is -2.15. The van der Waals surface area contributed by atoms with Crippen LogP contribution in [0.3, 0.4) is 0 Å². The standard InChI is InChI=1S/C33H31Cl2N7O3S/c1-18-25(14-36-13-19-8-9-20(43)12-19)40-26(15-39-18)23-6-2-4-21(30(23)34)22-5-3-7-24(31(22)35)41-33-32-27(10-11-38-33)46-28(42-32)16-37-17-29(44)45/h2-7,10-11,15,19,36-37H,8-9,12-14,16-17H2,1H3,(H,38,41)(H,44,45)/t19-/m1/s1. The van der Waals surface area contributed by atoms with E-state index in [-0.39, 0.29) is 6.54 Å². The van der Waals surface area contributed by atoms with Crippen LogP contribution in [0.2, 0.25) is 10.0 Å². The Morgan fingerprint density at radius 1 is 1.00 bits per heavy atom. The highest BCUT2D eigenvalue weighted by atomic mass is 35.5. The van der Waals surface area contributed by atoms with Crippen molar-refractivity contribution in [3.8, 4) is 22.4 Å². The third-order valence-corrected chi connectivity index (χ3v) is 9.68. The van der Waals surface area contributed by atoms with Gasteiger partial charge in [0.25, 0.3) is 0 Å². The molecule has 3 heterocycles. The molecule has 1 aliphatic rings. The van der Waals surface area contributed by atoms with E-state index in [0.29, 0.717) is 70.4 Å². The lowest BCUT2D eigenvalue weighted by Crippen LogP contribution is -2.22. The van der Waals surface area contributed by atoms with Crippen LogP contribution in [0.1, 0.15) is 35.7 Å². The van der Waals surface area contributed by atoms with Gasteiger partial charge < -0.3 is 21.1 Å². The number of aliphatic carboxylic acids is 1. The third kappa shape index (κ3) is 7.19. The molecule has 0 unspecified atom stereocenters. The molecule has 13 heteroatoms. The molecule has 6 rings (SSSR count). The van der Waals surface area contributed by atoms with Gasteiger partial charge in [0.1, 0.15) is 16.3 Å².